The molecule has 0 spiro atoms. The number of sulfonamides is 1. The molecule has 2 atom stereocenters. The number of hydrogen-bond acceptors (Lipinski definition) is 4. The highest BCUT2D eigenvalue weighted by Crippen LogP contribution is 2.23. The Morgan fingerprint density at radius 1 is 1.28 bits per heavy atom. The van der Waals surface area contributed by atoms with Crippen molar-refractivity contribution in [3.63, 3.8) is 0 Å². The van der Waals surface area contributed by atoms with Crippen LogP contribution in [0.2, 0.25) is 0 Å². The van der Waals surface area contributed by atoms with Crippen LogP contribution < -0.4 is 10.0 Å². The molecular weight excluding hydrogens is 338 g/mol. The molecule has 2 unspecified atom stereocenters. The summed E-state index contributed by atoms with van der Waals surface area (Å²) >= 11 is 0. The lowest BCUT2D eigenvalue weighted by molar-refractivity contribution is -0.131. The van der Waals surface area contributed by atoms with Crippen molar-refractivity contribution in [2.45, 2.75) is 50.3 Å². The van der Waals surface area contributed by atoms with Gasteiger partial charge in [-0.25, -0.2) is 8.42 Å². The van der Waals surface area contributed by atoms with Gasteiger partial charge in [-0.05, 0) is 42.9 Å². The van der Waals surface area contributed by atoms with E-state index in [-0.39, 0.29) is 11.9 Å². The maximum absolute atomic E-state index is 12.7. The van der Waals surface area contributed by atoms with Gasteiger partial charge in [0.2, 0.25) is 15.9 Å². The number of nitrogens with zero attached hydrogens (tertiary/aromatic N) is 1. The highest BCUT2D eigenvalue weighted by Gasteiger charge is 2.39. The smallest absolute Gasteiger partial charge is 0.239 e. The minimum absolute atomic E-state index is 0.0389. The second kappa shape index (κ2) is 7.33. The molecular formula is C18H27N3O3S. The zero-order chi connectivity index (χ0) is 18.0. The Kier molecular flexibility index (Phi) is 5.34. The summed E-state index contributed by atoms with van der Waals surface area (Å²) in [5, 5.41) is 2.50. The lowest BCUT2D eigenvalue weighted by Gasteiger charge is -2.20. The fraction of sp³-hybridized carbons (Fsp3) is 0.611. The Balaban J connectivity index is 1.65. The number of carbonyl (C=O) groups is 1. The summed E-state index contributed by atoms with van der Waals surface area (Å²) in [7, 11) is -3.53. The third kappa shape index (κ3) is 4.15. The molecule has 1 aromatic rings. The van der Waals surface area contributed by atoms with Crippen LogP contribution in [0.3, 0.4) is 0 Å². The highest BCUT2D eigenvalue weighted by molar-refractivity contribution is 7.93. The van der Waals surface area contributed by atoms with Crippen LogP contribution in [0, 0.1) is 0 Å². The zero-order valence-corrected chi connectivity index (χ0v) is 15.7. The number of carbonyl (C=O) groups excluding carboxylic acids is 1. The van der Waals surface area contributed by atoms with Crippen molar-refractivity contribution >= 4 is 21.6 Å². The summed E-state index contributed by atoms with van der Waals surface area (Å²) < 4.78 is 28.1. The van der Waals surface area contributed by atoms with Crippen molar-refractivity contribution in [1.29, 1.82) is 0 Å². The van der Waals surface area contributed by atoms with Crippen molar-refractivity contribution in [1.82, 2.24) is 10.2 Å². The predicted octanol–water partition coefficient (Wildman–Crippen LogP) is 1.90. The van der Waals surface area contributed by atoms with Gasteiger partial charge < -0.3 is 10.2 Å². The van der Waals surface area contributed by atoms with Crippen LogP contribution in [-0.2, 0) is 14.8 Å². The first-order valence-corrected chi connectivity index (χ1v) is 10.6. The predicted molar refractivity (Wildman–Crippen MR) is 99.1 cm³/mol. The maximum Gasteiger partial charge on any atom is 0.239 e. The molecule has 2 heterocycles. The molecule has 25 heavy (non-hydrogen) atoms. The Hall–Kier alpha value is -1.60. The molecule has 0 aromatic heterocycles. The van der Waals surface area contributed by atoms with Gasteiger partial charge in [0.15, 0.2) is 0 Å². The molecule has 138 valence electrons. The molecule has 0 saturated carbocycles. The second-order valence-corrected chi connectivity index (χ2v) is 9.24. The van der Waals surface area contributed by atoms with Gasteiger partial charge in [0, 0.05) is 25.3 Å². The number of anilines is 1. The monoisotopic (exact) mass is 365 g/mol. The van der Waals surface area contributed by atoms with Gasteiger partial charge in [-0.3, -0.25) is 9.52 Å². The van der Waals surface area contributed by atoms with E-state index < -0.39 is 15.3 Å². The van der Waals surface area contributed by atoms with Gasteiger partial charge in [0.25, 0.3) is 0 Å². The van der Waals surface area contributed by atoms with E-state index in [0.29, 0.717) is 24.6 Å². The third-order valence-electron chi connectivity index (χ3n) is 5.06. The van der Waals surface area contributed by atoms with E-state index in [9.17, 15) is 13.2 Å². The maximum atomic E-state index is 12.7. The summed E-state index contributed by atoms with van der Waals surface area (Å²) in [6.07, 6.45) is 2.40. The standard InChI is InChI=1S/C18H27N3O3S/c1-13(2)14-6-5-7-15(10-14)20-25(23,24)16-11-17(19-12-16)18(22)21-8-3-4-9-21/h5-7,10,13,16-17,19-20H,3-4,8-9,11-12H2,1-2H3. The summed E-state index contributed by atoms with van der Waals surface area (Å²) in [6.45, 7) is 6.03. The SMILES string of the molecule is CC(C)c1cccc(NS(=O)(=O)C2CNC(C(=O)N3CCCC3)C2)c1. The number of rotatable bonds is 5. The molecule has 2 N–H and O–H groups in total. The van der Waals surface area contributed by atoms with Gasteiger partial charge in [0.05, 0.1) is 11.3 Å². The quantitative estimate of drug-likeness (QED) is 0.835. The Labute approximate surface area is 150 Å². The number of amides is 1. The zero-order valence-electron chi connectivity index (χ0n) is 14.9. The van der Waals surface area contributed by atoms with E-state index in [4.69, 9.17) is 0 Å². The topological polar surface area (TPSA) is 78.5 Å². The largest absolute Gasteiger partial charge is 0.341 e. The number of hydrogen-bond donors (Lipinski definition) is 2. The lowest BCUT2D eigenvalue weighted by atomic mass is 10.0. The normalized spacial score (nSPS) is 24.0. The van der Waals surface area contributed by atoms with Crippen molar-refractivity contribution in [2.75, 3.05) is 24.4 Å². The molecule has 2 aliphatic rings. The fourth-order valence-electron chi connectivity index (χ4n) is 3.49. The molecule has 2 fully saturated rings. The van der Waals surface area contributed by atoms with Crippen LogP contribution in [0.1, 0.15) is 44.6 Å². The first kappa shape index (κ1) is 18.2. The summed E-state index contributed by atoms with van der Waals surface area (Å²) in [6, 6.07) is 7.10. The minimum Gasteiger partial charge on any atom is -0.341 e. The van der Waals surface area contributed by atoms with E-state index in [0.717, 1.165) is 31.5 Å². The summed E-state index contributed by atoms with van der Waals surface area (Å²) in [5.41, 5.74) is 1.67. The minimum atomic E-state index is -3.53. The van der Waals surface area contributed by atoms with Gasteiger partial charge in [-0.15, -0.1) is 0 Å². The van der Waals surface area contributed by atoms with Crippen molar-refractivity contribution in [3.05, 3.63) is 29.8 Å². The number of benzene rings is 1. The van der Waals surface area contributed by atoms with E-state index in [1.54, 1.807) is 6.07 Å². The van der Waals surface area contributed by atoms with Crippen LogP contribution in [0.25, 0.3) is 0 Å². The molecule has 7 heteroatoms. The average Bonchev–Trinajstić information content (AvgIpc) is 3.26. The van der Waals surface area contributed by atoms with Crippen LogP contribution in [0.5, 0.6) is 0 Å². The van der Waals surface area contributed by atoms with Gasteiger partial charge in [-0.1, -0.05) is 26.0 Å². The lowest BCUT2D eigenvalue weighted by Crippen LogP contribution is -2.42. The number of likely N-dealkylation sites (tertiary alicyclic amines) is 1. The highest BCUT2D eigenvalue weighted by atomic mass is 32.2. The second-order valence-electron chi connectivity index (χ2n) is 7.28. The molecule has 2 aliphatic heterocycles. The Morgan fingerprint density at radius 2 is 2.00 bits per heavy atom. The summed E-state index contributed by atoms with van der Waals surface area (Å²) in [5.74, 6) is 0.372. The van der Waals surface area contributed by atoms with Crippen LogP contribution in [0.4, 0.5) is 5.69 Å². The van der Waals surface area contributed by atoms with Crippen LogP contribution in [0.15, 0.2) is 24.3 Å². The Morgan fingerprint density at radius 3 is 2.68 bits per heavy atom. The van der Waals surface area contributed by atoms with E-state index >= 15 is 0 Å². The molecule has 0 aliphatic carbocycles. The van der Waals surface area contributed by atoms with E-state index in [1.807, 2.05) is 23.1 Å². The molecule has 3 rings (SSSR count). The van der Waals surface area contributed by atoms with E-state index in [1.165, 1.54) is 0 Å². The first-order chi connectivity index (χ1) is 11.9. The molecule has 0 bridgehead atoms. The molecule has 1 aromatic carbocycles. The Bertz CT molecular complexity index is 727. The van der Waals surface area contributed by atoms with Gasteiger partial charge >= 0.3 is 0 Å². The molecule has 1 amide bonds. The molecule has 0 radical (unpaired) electrons. The molecule has 2 saturated heterocycles. The van der Waals surface area contributed by atoms with Crippen molar-refractivity contribution in [3.8, 4) is 0 Å². The number of nitrogens with one attached hydrogen (secondary N) is 2. The third-order valence-corrected chi connectivity index (χ3v) is 6.82. The van der Waals surface area contributed by atoms with Gasteiger partial charge in [0.1, 0.15) is 0 Å². The van der Waals surface area contributed by atoms with Crippen LogP contribution >= 0.6 is 0 Å². The first-order valence-electron chi connectivity index (χ1n) is 9.00. The molecule has 6 nitrogen and oxygen atoms in total. The van der Waals surface area contributed by atoms with E-state index in [2.05, 4.69) is 23.9 Å². The van der Waals surface area contributed by atoms with Crippen molar-refractivity contribution in [2.24, 2.45) is 0 Å². The van der Waals surface area contributed by atoms with Crippen molar-refractivity contribution < 1.29 is 13.2 Å². The summed E-state index contributed by atoms with van der Waals surface area (Å²) in [4.78, 5) is 14.3. The van der Waals surface area contributed by atoms with Gasteiger partial charge in [-0.2, -0.15) is 0 Å². The average molecular weight is 365 g/mol. The fourth-order valence-corrected chi connectivity index (χ4v) is 4.88. The van der Waals surface area contributed by atoms with Crippen LogP contribution in [-0.4, -0.2) is 50.2 Å².